The fourth-order valence-electron chi connectivity index (χ4n) is 5.47. The van der Waals surface area contributed by atoms with E-state index in [-0.39, 0.29) is 11.5 Å². The van der Waals surface area contributed by atoms with E-state index in [4.69, 9.17) is 9.47 Å². The van der Waals surface area contributed by atoms with Crippen LogP contribution in [0.5, 0.6) is 11.5 Å². The molecule has 0 amide bonds. The molecule has 2 saturated heterocycles. The van der Waals surface area contributed by atoms with Gasteiger partial charge in [-0.3, -0.25) is 0 Å². The molecule has 6 rings (SSSR count). The van der Waals surface area contributed by atoms with E-state index in [1.807, 2.05) is 0 Å². The SMILES string of the molecule is OC[C@H]1O[C@@H](SS[C@@H]2O[C@H](CO)[C@H](O)[C@H](n3cc(-c4cccc(O)c4)nn3)[C@H]2O)[C@H](O)[C@@H](n2cc(-c3cccc(O)c3)nn2)[C@H]1O. The lowest BCUT2D eigenvalue weighted by Crippen LogP contribution is -2.56. The second kappa shape index (κ2) is 13.8. The van der Waals surface area contributed by atoms with Gasteiger partial charge in [0.05, 0.1) is 25.6 Å². The average Bonchev–Trinajstić information content (AvgIpc) is 3.73. The van der Waals surface area contributed by atoms with E-state index >= 15 is 0 Å². The molecule has 18 heteroatoms. The number of aliphatic hydroxyl groups is 6. The Morgan fingerprint density at radius 3 is 1.41 bits per heavy atom. The van der Waals surface area contributed by atoms with Crippen LogP contribution in [0.15, 0.2) is 60.9 Å². The van der Waals surface area contributed by atoms with Gasteiger partial charge in [-0.05, 0) is 24.3 Å². The lowest BCUT2D eigenvalue weighted by Gasteiger charge is -2.43. The summed E-state index contributed by atoms with van der Waals surface area (Å²) in [5, 5.41) is 101. The normalized spacial score (nSPS) is 31.6. The highest BCUT2D eigenvalue weighted by atomic mass is 33.1. The van der Waals surface area contributed by atoms with Crippen LogP contribution in [0.1, 0.15) is 12.1 Å². The van der Waals surface area contributed by atoms with Gasteiger partial charge in [0, 0.05) is 11.1 Å². The Kier molecular flexibility index (Phi) is 9.80. The minimum atomic E-state index is -1.38. The van der Waals surface area contributed by atoms with Crippen LogP contribution in [0.4, 0.5) is 0 Å². The number of ether oxygens (including phenoxy) is 2. The maximum Gasteiger partial charge on any atom is 0.141 e. The lowest BCUT2D eigenvalue weighted by atomic mass is 9.97. The summed E-state index contributed by atoms with van der Waals surface area (Å²) in [6.07, 6.45) is -4.74. The summed E-state index contributed by atoms with van der Waals surface area (Å²) in [5.41, 5.74) is -0.271. The van der Waals surface area contributed by atoms with Gasteiger partial charge < -0.3 is 50.3 Å². The molecule has 2 aromatic heterocycles. The first-order valence-electron chi connectivity index (χ1n) is 14.2. The van der Waals surface area contributed by atoms with E-state index in [1.54, 1.807) is 24.3 Å². The minimum absolute atomic E-state index is 0.0260. The summed E-state index contributed by atoms with van der Waals surface area (Å²) in [4.78, 5) is 0. The minimum Gasteiger partial charge on any atom is -0.508 e. The molecule has 0 unspecified atom stereocenters. The van der Waals surface area contributed by atoms with Gasteiger partial charge in [0.15, 0.2) is 0 Å². The van der Waals surface area contributed by atoms with E-state index < -0.39 is 72.8 Å². The Hall–Kier alpha value is -3.30. The fraction of sp³-hybridized carbons (Fsp3) is 0.429. The molecule has 2 aliphatic heterocycles. The standard InChI is InChI=1S/C28H32N6O10S2/c35-11-19-23(39)21(33-9-17(29-31-33)13-3-1-5-15(37)7-13)25(41)27(43-19)45-46-28-26(42)22(24(40)20(12-36)44-28)34-10-18(30-32-34)14-4-2-6-16(38)8-14/h1-10,19-28,35-42H,11-12H2/t19-,20-,21+,22+,23+,24+,25-,26-,27+,28+/m1/s1. The number of phenolic OH excluding ortho intramolecular Hbond substituents is 2. The molecule has 246 valence electrons. The van der Waals surface area contributed by atoms with E-state index in [9.17, 15) is 40.9 Å². The molecular formula is C28H32N6O10S2. The maximum absolute atomic E-state index is 11.3. The summed E-state index contributed by atoms with van der Waals surface area (Å²) in [6.45, 7) is -1.14. The first-order valence-corrected chi connectivity index (χ1v) is 16.5. The molecule has 46 heavy (non-hydrogen) atoms. The largest absolute Gasteiger partial charge is 0.508 e. The maximum atomic E-state index is 11.3. The molecule has 2 fully saturated rings. The van der Waals surface area contributed by atoms with Gasteiger partial charge in [-0.2, -0.15) is 0 Å². The number of aliphatic hydroxyl groups excluding tert-OH is 6. The molecule has 0 saturated carbocycles. The Balaban J connectivity index is 1.19. The van der Waals surface area contributed by atoms with Crippen LogP contribution < -0.4 is 0 Å². The van der Waals surface area contributed by atoms with Crippen LogP contribution in [0.25, 0.3) is 22.5 Å². The van der Waals surface area contributed by atoms with Crippen molar-refractivity contribution >= 4 is 21.6 Å². The van der Waals surface area contributed by atoms with Crippen LogP contribution in [0.3, 0.4) is 0 Å². The number of nitrogens with zero attached hydrogens (tertiary/aromatic N) is 6. The van der Waals surface area contributed by atoms with Gasteiger partial charge >= 0.3 is 0 Å². The third kappa shape index (κ3) is 6.45. The van der Waals surface area contributed by atoms with Gasteiger partial charge in [0.2, 0.25) is 0 Å². The number of aromatic nitrogens is 6. The monoisotopic (exact) mass is 676 g/mol. The smallest absolute Gasteiger partial charge is 0.141 e. The molecule has 4 heterocycles. The third-order valence-electron chi connectivity index (χ3n) is 7.86. The summed E-state index contributed by atoms with van der Waals surface area (Å²) in [5.74, 6) is 0.0520. The molecule has 16 nitrogen and oxygen atoms in total. The zero-order chi connectivity index (χ0) is 32.5. The van der Waals surface area contributed by atoms with Crippen molar-refractivity contribution in [2.45, 2.75) is 59.6 Å². The van der Waals surface area contributed by atoms with Crippen LogP contribution in [-0.2, 0) is 9.47 Å². The fourth-order valence-corrected chi connectivity index (χ4v) is 8.23. The Morgan fingerprint density at radius 2 is 1.04 bits per heavy atom. The molecule has 0 radical (unpaired) electrons. The molecule has 4 aromatic rings. The van der Waals surface area contributed by atoms with Gasteiger partial charge in [-0.1, -0.05) is 56.3 Å². The quantitative estimate of drug-likeness (QED) is 0.106. The van der Waals surface area contributed by atoms with Crippen LogP contribution >= 0.6 is 21.6 Å². The number of hydrogen-bond acceptors (Lipinski definition) is 16. The molecule has 0 bridgehead atoms. The number of aromatic hydroxyl groups is 2. The van der Waals surface area contributed by atoms with Crippen molar-refractivity contribution < 1.29 is 50.3 Å². The van der Waals surface area contributed by atoms with Crippen molar-refractivity contribution in [2.24, 2.45) is 0 Å². The highest BCUT2D eigenvalue weighted by Gasteiger charge is 2.49. The second-order valence-corrected chi connectivity index (χ2v) is 13.3. The topological polar surface area (TPSA) is 242 Å². The number of phenols is 2. The van der Waals surface area contributed by atoms with Crippen LogP contribution in [-0.4, -0.2) is 132 Å². The highest BCUT2D eigenvalue weighted by molar-refractivity contribution is 8.77. The predicted octanol–water partition coefficient (Wildman–Crippen LogP) is -0.343. The molecule has 2 aromatic carbocycles. The molecule has 10 atom stereocenters. The number of benzene rings is 2. The van der Waals surface area contributed by atoms with Crippen molar-refractivity contribution in [3.63, 3.8) is 0 Å². The summed E-state index contributed by atoms with van der Waals surface area (Å²) < 4.78 is 14.2. The van der Waals surface area contributed by atoms with Gasteiger partial charge in [0.25, 0.3) is 0 Å². The summed E-state index contributed by atoms with van der Waals surface area (Å²) in [6, 6.07) is 10.5. The third-order valence-corrected chi connectivity index (χ3v) is 10.6. The van der Waals surface area contributed by atoms with Crippen molar-refractivity contribution in [2.75, 3.05) is 13.2 Å². The van der Waals surface area contributed by atoms with Crippen molar-refractivity contribution in [1.29, 1.82) is 0 Å². The zero-order valence-corrected chi connectivity index (χ0v) is 25.5. The van der Waals surface area contributed by atoms with Gasteiger partial charge in [-0.15, -0.1) is 10.2 Å². The first-order chi connectivity index (χ1) is 22.2. The van der Waals surface area contributed by atoms with Crippen molar-refractivity contribution in [3.8, 4) is 34.0 Å². The van der Waals surface area contributed by atoms with Crippen LogP contribution in [0, 0.1) is 0 Å². The van der Waals surface area contributed by atoms with E-state index in [0.717, 1.165) is 21.6 Å². The van der Waals surface area contributed by atoms with Crippen LogP contribution in [0.2, 0.25) is 0 Å². The van der Waals surface area contributed by atoms with E-state index in [0.29, 0.717) is 22.5 Å². The molecule has 0 aliphatic carbocycles. The van der Waals surface area contributed by atoms with Gasteiger partial charge in [-0.25, -0.2) is 9.36 Å². The lowest BCUT2D eigenvalue weighted by molar-refractivity contribution is -0.179. The van der Waals surface area contributed by atoms with Crippen molar-refractivity contribution in [1.82, 2.24) is 30.0 Å². The molecule has 8 N–H and O–H groups in total. The van der Waals surface area contributed by atoms with Gasteiger partial charge in [0.1, 0.15) is 82.5 Å². The first kappa shape index (κ1) is 32.6. The highest BCUT2D eigenvalue weighted by Crippen LogP contribution is 2.45. The number of hydrogen-bond donors (Lipinski definition) is 8. The van der Waals surface area contributed by atoms with Crippen molar-refractivity contribution in [3.05, 3.63) is 60.9 Å². The molecule has 2 aliphatic rings. The Bertz CT molecular complexity index is 1510. The predicted molar refractivity (Wildman–Crippen MR) is 163 cm³/mol. The molecular weight excluding hydrogens is 644 g/mol. The second-order valence-electron chi connectivity index (χ2n) is 10.9. The molecule has 0 spiro atoms. The Labute approximate surface area is 269 Å². The number of rotatable bonds is 9. The average molecular weight is 677 g/mol. The van der Waals surface area contributed by atoms with E-state index in [1.165, 1.54) is 46.0 Å². The summed E-state index contributed by atoms with van der Waals surface area (Å²) in [7, 11) is 1.92. The Morgan fingerprint density at radius 1 is 0.630 bits per heavy atom. The van der Waals surface area contributed by atoms with E-state index in [2.05, 4.69) is 20.6 Å². The summed E-state index contributed by atoms with van der Waals surface area (Å²) >= 11 is 0. The zero-order valence-electron chi connectivity index (χ0n) is 23.9.